The van der Waals surface area contributed by atoms with E-state index in [0.717, 1.165) is 27.3 Å². The number of anilines is 2. The zero-order valence-electron chi connectivity index (χ0n) is 28.8. The molecule has 4 amide bonds. The second-order valence-corrected chi connectivity index (χ2v) is 13.6. The fraction of sp³-hybridized carbons (Fsp3) is 0.0455. The minimum Gasteiger partial charge on any atom is -0.321 e. The van der Waals surface area contributed by atoms with Crippen molar-refractivity contribution in [3.63, 3.8) is 0 Å². The van der Waals surface area contributed by atoms with Crippen molar-refractivity contribution >= 4 is 64.2 Å². The lowest BCUT2D eigenvalue weighted by Gasteiger charge is -2.15. The quantitative estimate of drug-likeness (QED) is 0.0783. The Labute approximate surface area is 316 Å². The first kappa shape index (κ1) is 35.5. The molecule has 1 heterocycles. The second kappa shape index (κ2) is 16.6. The highest BCUT2D eigenvalue weighted by Crippen LogP contribution is 2.35. The summed E-state index contributed by atoms with van der Waals surface area (Å²) in [6.45, 7) is 0. The summed E-state index contributed by atoms with van der Waals surface area (Å²) in [5.41, 5.74) is 5.58. The molecule has 0 radical (unpaired) electrons. The van der Waals surface area contributed by atoms with Gasteiger partial charge < -0.3 is 10.6 Å². The van der Waals surface area contributed by atoms with Crippen molar-refractivity contribution in [2.75, 3.05) is 10.2 Å². The van der Waals surface area contributed by atoms with Crippen molar-refractivity contribution in [2.24, 2.45) is 10.2 Å². The van der Waals surface area contributed by atoms with Crippen LogP contribution in [0.2, 0.25) is 0 Å². The molecular weight excluding hydrogens is 695 g/mol. The molecule has 1 fully saturated rings. The molecule has 54 heavy (non-hydrogen) atoms. The average Bonchev–Trinajstić information content (AvgIpc) is 3.50. The number of nitrogens with one attached hydrogen (secondary N) is 2. The number of hydrogen-bond donors (Lipinski definition) is 2. The smallest absolute Gasteiger partial charge is 0.272 e. The van der Waals surface area contributed by atoms with Gasteiger partial charge in [-0.2, -0.15) is 10.2 Å². The first-order valence-electron chi connectivity index (χ1n) is 17.1. The van der Waals surface area contributed by atoms with Gasteiger partial charge in [0, 0.05) is 22.6 Å². The Bertz CT molecular complexity index is 2330. The van der Waals surface area contributed by atoms with E-state index in [9.17, 15) is 19.2 Å². The SMILES string of the molecule is O=C(Nc1ccc(SC2CC(=O)N(c3ccc(N=Nc4ccccc4)cc3)C2=O)cc1)C(=Cc1ccc(-c2ccccc2)cc1)NC(=O)c1ccccc1. The highest BCUT2D eigenvalue weighted by molar-refractivity contribution is 8.00. The number of rotatable bonds is 11. The van der Waals surface area contributed by atoms with Gasteiger partial charge in [-0.1, -0.05) is 91.0 Å². The summed E-state index contributed by atoms with van der Waals surface area (Å²) in [6.07, 6.45) is 1.69. The third kappa shape index (κ3) is 8.75. The van der Waals surface area contributed by atoms with Crippen LogP contribution in [-0.2, 0) is 14.4 Å². The summed E-state index contributed by atoms with van der Waals surface area (Å²) in [5, 5.41) is 13.5. The van der Waals surface area contributed by atoms with E-state index in [1.807, 2.05) is 91.0 Å². The van der Waals surface area contributed by atoms with E-state index in [-0.39, 0.29) is 23.9 Å². The topological polar surface area (TPSA) is 120 Å². The number of thioether (sulfide) groups is 1. The standard InChI is InChI=1S/C44H33N5O4S/c50-41-29-40(44(53)49(41)37-24-20-36(21-25-37)48-47-35-14-8-3-9-15-35)54-38-26-22-34(23-27-38)45-43(52)39(46-42(51)33-12-6-2-7-13-33)28-30-16-18-32(19-17-30)31-10-4-1-5-11-31/h1-28,40H,29H2,(H,45,52)(H,46,51). The molecule has 1 saturated heterocycles. The monoisotopic (exact) mass is 727 g/mol. The van der Waals surface area contributed by atoms with Crippen LogP contribution in [0.4, 0.5) is 22.7 Å². The van der Waals surface area contributed by atoms with E-state index in [1.54, 1.807) is 78.9 Å². The normalized spacial score (nSPS) is 14.3. The third-order valence-corrected chi connectivity index (χ3v) is 9.70. The molecule has 0 aliphatic carbocycles. The molecule has 0 saturated carbocycles. The summed E-state index contributed by atoms with van der Waals surface area (Å²) in [6, 6.07) is 49.5. The van der Waals surface area contributed by atoms with Crippen molar-refractivity contribution in [2.45, 2.75) is 16.6 Å². The predicted octanol–water partition coefficient (Wildman–Crippen LogP) is 9.60. The van der Waals surface area contributed by atoms with E-state index in [1.165, 1.54) is 16.7 Å². The molecule has 6 aromatic carbocycles. The van der Waals surface area contributed by atoms with Crippen LogP contribution in [0.3, 0.4) is 0 Å². The lowest BCUT2D eigenvalue weighted by molar-refractivity contribution is -0.121. The lowest BCUT2D eigenvalue weighted by atomic mass is 10.0. The fourth-order valence-corrected chi connectivity index (χ4v) is 6.79. The van der Waals surface area contributed by atoms with Crippen LogP contribution in [0.25, 0.3) is 17.2 Å². The zero-order valence-corrected chi connectivity index (χ0v) is 29.6. The van der Waals surface area contributed by atoms with Crippen LogP contribution in [0.15, 0.2) is 185 Å². The van der Waals surface area contributed by atoms with Gasteiger partial charge in [0.05, 0.1) is 22.3 Å². The van der Waals surface area contributed by atoms with Crippen molar-refractivity contribution in [3.8, 4) is 11.1 Å². The Kier molecular flexibility index (Phi) is 10.9. The molecule has 9 nitrogen and oxygen atoms in total. The van der Waals surface area contributed by atoms with Gasteiger partial charge >= 0.3 is 0 Å². The Morgan fingerprint density at radius 3 is 1.87 bits per heavy atom. The summed E-state index contributed by atoms with van der Waals surface area (Å²) >= 11 is 1.28. The lowest BCUT2D eigenvalue weighted by Crippen LogP contribution is -2.31. The molecule has 1 unspecified atom stereocenters. The molecule has 0 aromatic heterocycles. The molecule has 0 bridgehead atoms. The first-order valence-corrected chi connectivity index (χ1v) is 18.0. The number of benzene rings is 6. The number of amides is 4. The Hall–Kier alpha value is -6.91. The van der Waals surface area contributed by atoms with Gasteiger partial charge in [-0.15, -0.1) is 11.8 Å². The van der Waals surface area contributed by atoms with E-state index >= 15 is 0 Å². The molecule has 2 N–H and O–H groups in total. The van der Waals surface area contributed by atoms with Gasteiger partial charge in [0.25, 0.3) is 11.8 Å². The van der Waals surface area contributed by atoms with E-state index in [2.05, 4.69) is 20.9 Å². The predicted molar refractivity (Wildman–Crippen MR) is 213 cm³/mol. The molecule has 1 aliphatic heterocycles. The summed E-state index contributed by atoms with van der Waals surface area (Å²) in [7, 11) is 0. The average molecular weight is 728 g/mol. The molecular formula is C44H33N5O4S. The minimum atomic E-state index is -0.605. The van der Waals surface area contributed by atoms with Gasteiger partial charge in [0.2, 0.25) is 11.8 Å². The maximum atomic E-state index is 13.6. The van der Waals surface area contributed by atoms with E-state index in [0.29, 0.717) is 22.6 Å². The number of imide groups is 1. The molecule has 1 aliphatic rings. The largest absolute Gasteiger partial charge is 0.321 e. The van der Waals surface area contributed by atoms with Gasteiger partial charge in [-0.05, 0) is 95.6 Å². The van der Waals surface area contributed by atoms with E-state index in [4.69, 9.17) is 0 Å². The van der Waals surface area contributed by atoms with Crippen molar-refractivity contribution < 1.29 is 19.2 Å². The maximum Gasteiger partial charge on any atom is 0.272 e. The van der Waals surface area contributed by atoms with Gasteiger partial charge in [0.15, 0.2) is 0 Å². The Morgan fingerprint density at radius 2 is 1.22 bits per heavy atom. The van der Waals surface area contributed by atoms with Crippen molar-refractivity contribution in [1.82, 2.24) is 5.32 Å². The van der Waals surface area contributed by atoms with Crippen molar-refractivity contribution in [1.29, 1.82) is 0 Å². The van der Waals surface area contributed by atoms with Gasteiger partial charge in [0.1, 0.15) is 5.70 Å². The molecule has 6 aromatic rings. The number of carbonyl (C=O) groups is 4. The van der Waals surface area contributed by atoms with Crippen LogP contribution in [0.5, 0.6) is 0 Å². The number of azo groups is 1. The minimum absolute atomic E-state index is 0.0546. The maximum absolute atomic E-state index is 13.6. The Balaban J connectivity index is 1.01. The highest BCUT2D eigenvalue weighted by Gasteiger charge is 2.40. The summed E-state index contributed by atoms with van der Waals surface area (Å²) in [5.74, 6) is -1.51. The molecule has 264 valence electrons. The van der Waals surface area contributed by atoms with E-state index < -0.39 is 17.1 Å². The van der Waals surface area contributed by atoms with Crippen LogP contribution in [-0.4, -0.2) is 28.9 Å². The molecule has 10 heteroatoms. The first-order chi connectivity index (χ1) is 26.4. The highest BCUT2D eigenvalue weighted by atomic mass is 32.2. The third-order valence-electron chi connectivity index (χ3n) is 8.50. The van der Waals surface area contributed by atoms with Crippen molar-refractivity contribution in [3.05, 3.63) is 181 Å². The molecule has 1 atom stereocenters. The Morgan fingerprint density at radius 1 is 0.648 bits per heavy atom. The molecule has 7 rings (SSSR count). The van der Waals surface area contributed by atoms with Crippen LogP contribution >= 0.6 is 11.8 Å². The summed E-state index contributed by atoms with van der Waals surface area (Å²) < 4.78 is 0. The number of hydrogen-bond acceptors (Lipinski definition) is 7. The number of carbonyl (C=O) groups excluding carboxylic acids is 4. The molecule has 0 spiro atoms. The van der Waals surface area contributed by atoms with Gasteiger partial charge in [-0.25, -0.2) is 4.90 Å². The summed E-state index contributed by atoms with van der Waals surface area (Å²) in [4.78, 5) is 55.0. The number of nitrogens with zero attached hydrogens (tertiary/aromatic N) is 3. The second-order valence-electron chi connectivity index (χ2n) is 12.3. The van der Waals surface area contributed by atoms with Gasteiger partial charge in [-0.3, -0.25) is 19.2 Å². The van der Waals surface area contributed by atoms with Crippen LogP contribution in [0, 0.1) is 0 Å². The zero-order chi connectivity index (χ0) is 37.3. The fourth-order valence-electron chi connectivity index (χ4n) is 5.74. The van der Waals surface area contributed by atoms with Crippen LogP contribution < -0.4 is 15.5 Å². The van der Waals surface area contributed by atoms with Crippen LogP contribution in [0.1, 0.15) is 22.3 Å².